The number of benzene rings is 1. The van der Waals surface area contributed by atoms with E-state index >= 15 is 0 Å². The van der Waals surface area contributed by atoms with Crippen LogP contribution in [0.1, 0.15) is 24.8 Å². The number of carbonyl (C=O) groups is 1. The third-order valence-electron chi connectivity index (χ3n) is 3.69. The highest BCUT2D eigenvalue weighted by Gasteiger charge is 2.49. The van der Waals surface area contributed by atoms with Crippen LogP contribution in [0.15, 0.2) is 6.07 Å². The van der Waals surface area contributed by atoms with Crippen LogP contribution in [-0.2, 0) is 10.2 Å². The first-order chi connectivity index (χ1) is 8.97. The minimum Gasteiger partial charge on any atom is -0.507 e. The predicted molar refractivity (Wildman–Crippen MR) is 69.4 cm³/mol. The first-order valence-electron chi connectivity index (χ1n) is 5.85. The van der Waals surface area contributed by atoms with E-state index in [0.717, 1.165) is 6.42 Å². The number of methoxy groups -OCH3 is 2. The molecular formula is C13H15ClO5. The summed E-state index contributed by atoms with van der Waals surface area (Å²) in [6.07, 6.45) is 1.69. The average Bonchev–Trinajstić information content (AvgIpc) is 2.30. The fourth-order valence-electron chi connectivity index (χ4n) is 2.49. The maximum atomic E-state index is 11.5. The van der Waals surface area contributed by atoms with Crippen molar-refractivity contribution in [3.63, 3.8) is 0 Å². The molecule has 0 unspecified atom stereocenters. The number of phenolic OH excluding ortho intramolecular Hbond substituents is 1. The number of aliphatic carboxylic acids is 1. The Kier molecular flexibility index (Phi) is 3.49. The van der Waals surface area contributed by atoms with Crippen LogP contribution in [0.4, 0.5) is 0 Å². The number of ether oxygens (including phenoxy) is 2. The van der Waals surface area contributed by atoms with Crippen molar-refractivity contribution < 1.29 is 24.5 Å². The molecule has 5 nitrogen and oxygen atoms in total. The van der Waals surface area contributed by atoms with Crippen LogP contribution in [0.2, 0.25) is 5.02 Å². The van der Waals surface area contributed by atoms with E-state index < -0.39 is 11.4 Å². The monoisotopic (exact) mass is 286 g/mol. The molecule has 0 aliphatic heterocycles. The first-order valence-corrected chi connectivity index (χ1v) is 6.23. The zero-order valence-electron chi connectivity index (χ0n) is 10.7. The lowest BCUT2D eigenvalue weighted by atomic mass is 9.64. The SMILES string of the molecule is COc1cc(O)c(C2(C(=O)O)CCC2)c(Cl)c1OC. The summed E-state index contributed by atoms with van der Waals surface area (Å²) in [5.41, 5.74) is -0.911. The third kappa shape index (κ3) is 1.89. The van der Waals surface area contributed by atoms with E-state index in [2.05, 4.69) is 0 Å². The Bertz CT molecular complexity index is 522. The van der Waals surface area contributed by atoms with Gasteiger partial charge in [-0.3, -0.25) is 4.79 Å². The van der Waals surface area contributed by atoms with Crippen LogP contribution in [-0.4, -0.2) is 30.4 Å². The van der Waals surface area contributed by atoms with E-state index in [1.807, 2.05) is 0 Å². The highest BCUT2D eigenvalue weighted by molar-refractivity contribution is 6.33. The molecule has 19 heavy (non-hydrogen) atoms. The van der Waals surface area contributed by atoms with Gasteiger partial charge in [0.05, 0.1) is 24.7 Å². The molecule has 6 heteroatoms. The number of halogens is 1. The van der Waals surface area contributed by atoms with Gasteiger partial charge >= 0.3 is 5.97 Å². The van der Waals surface area contributed by atoms with Crippen molar-refractivity contribution in [3.8, 4) is 17.2 Å². The molecule has 1 fully saturated rings. The van der Waals surface area contributed by atoms with E-state index in [9.17, 15) is 15.0 Å². The molecule has 0 spiro atoms. The Balaban J connectivity index is 2.67. The number of hydrogen-bond donors (Lipinski definition) is 2. The average molecular weight is 287 g/mol. The van der Waals surface area contributed by atoms with Gasteiger partial charge in [-0.15, -0.1) is 0 Å². The molecule has 0 amide bonds. The molecule has 1 aliphatic rings. The molecule has 1 aliphatic carbocycles. The lowest BCUT2D eigenvalue weighted by molar-refractivity contribution is -0.147. The quantitative estimate of drug-likeness (QED) is 0.889. The second-order valence-electron chi connectivity index (χ2n) is 4.56. The first kappa shape index (κ1) is 13.8. The number of phenols is 1. The topological polar surface area (TPSA) is 76.0 Å². The van der Waals surface area contributed by atoms with E-state index in [0.29, 0.717) is 12.8 Å². The van der Waals surface area contributed by atoms with E-state index in [-0.39, 0.29) is 27.8 Å². The van der Waals surface area contributed by atoms with Gasteiger partial charge in [0.2, 0.25) is 0 Å². The van der Waals surface area contributed by atoms with Gasteiger partial charge in [-0.25, -0.2) is 0 Å². The maximum Gasteiger partial charge on any atom is 0.314 e. The second kappa shape index (κ2) is 4.81. The summed E-state index contributed by atoms with van der Waals surface area (Å²) in [6, 6.07) is 1.34. The maximum absolute atomic E-state index is 11.5. The van der Waals surface area contributed by atoms with Crippen LogP contribution >= 0.6 is 11.6 Å². The molecule has 2 N–H and O–H groups in total. The van der Waals surface area contributed by atoms with Gasteiger partial charge in [0.1, 0.15) is 5.75 Å². The molecule has 1 saturated carbocycles. The molecule has 0 bridgehead atoms. The van der Waals surface area contributed by atoms with Crippen molar-refractivity contribution in [3.05, 3.63) is 16.7 Å². The summed E-state index contributed by atoms with van der Waals surface area (Å²) in [4.78, 5) is 11.5. The van der Waals surface area contributed by atoms with Crippen molar-refractivity contribution in [2.45, 2.75) is 24.7 Å². The summed E-state index contributed by atoms with van der Waals surface area (Å²) in [5.74, 6) is -0.647. The van der Waals surface area contributed by atoms with Gasteiger partial charge in [0.15, 0.2) is 11.5 Å². The van der Waals surface area contributed by atoms with Crippen molar-refractivity contribution in [2.75, 3.05) is 14.2 Å². The Morgan fingerprint density at radius 1 is 1.37 bits per heavy atom. The van der Waals surface area contributed by atoms with Gasteiger partial charge in [-0.1, -0.05) is 18.0 Å². The zero-order valence-corrected chi connectivity index (χ0v) is 11.5. The largest absolute Gasteiger partial charge is 0.507 e. The minimum atomic E-state index is -1.12. The number of hydrogen-bond acceptors (Lipinski definition) is 4. The van der Waals surface area contributed by atoms with Crippen LogP contribution in [0.5, 0.6) is 17.2 Å². The molecule has 1 aromatic rings. The van der Waals surface area contributed by atoms with Gasteiger partial charge in [0, 0.05) is 11.6 Å². The standard InChI is InChI=1S/C13H15ClO5/c1-18-8-6-7(15)9(10(14)11(8)19-2)13(12(16)17)4-3-5-13/h6,15H,3-5H2,1-2H3,(H,16,17). The van der Waals surface area contributed by atoms with Crippen molar-refractivity contribution in [2.24, 2.45) is 0 Å². The zero-order chi connectivity index (χ0) is 14.2. The van der Waals surface area contributed by atoms with Crippen molar-refractivity contribution in [1.29, 1.82) is 0 Å². The summed E-state index contributed by atoms with van der Waals surface area (Å²) in [5, 5.41) is 19.6. The van der Waals surface area contributed by atoms with Gasteiger partial charge in [-0.05, 0) is 12.8 Å². The summed E-state index contributed by atoms with van der Waals surface area (Å²) in [7, 11) is 2.84. The highest BCUT2D eigenvalue weighted by atomic mass is 35.5. The van der Waals surface area contributed by atoms with Crippen LogP contribution in [0, 0.1) is 0 Å². The third-order valence-corrected chi connectivity index (χ3v) is 4.05. The highest BCUT2D eigenvalue weighted by Crippen LogP contribution is 2.54. The van der Waals surface area contributed by atoms with Gasteiger partial charge in [0.25, 0.3) is 0 Å². The number of rotatable bonds is 4. The van der Waals surface area contributed by atoms with E-state index in [4.69, 9.17) is 21.1 Å². The molecule has 0 aromatic heterocycles. The van der Waals surface area contributed by atoms with Gasteiger partial charge < -0.3 is 19.7 Å². The minimum absolute atomic E-state index is 0.0986. The van der Waals surface area contributed by atoms with Crippen LogP contribution < -0.4 is 9.47 Å². The second-order valence-corrected chi connectivity index (χ2v) is 4.94. The molecule has 0 radical (unpaired) electrons. The van der Waals surface area contributed by atoms with Crippen LogP contribution in [0.25, 0.3) is 0 Å². The summed E-state index contributed by atoms with van der Waals surface area (Å²) < 4.78 is 10.2. The number of carboxylic acid groups (broad SMARTS) is 1. The van der Waals surface area contributed by atoms with Gasteiger partial charge in [-0.2, -0.15) is 0 Å². The van der Waals surface area contributed by atoms with Crippen molar-refractivity contribution in [1.82, 2.24) is 0 Å². The Morgan fingerprint density at radius 3 is 2.37 bits per heavy atom. The molecule has 1 aromatic carbocycles. The molecule has 0 heterocycles. The molecule has 2 rings (SSSR count). The summed E-state index contributed by atoms with van der Waals surface area (Å²) in [6.45, 7) is 0. The van der Waals surface area contributed by atoms with Crippen molar-refractivity contribution >= 4 is 17.6 Å². The fraction of sp³-hybridized carbons (Fsp3) is 0.462. The Morgan fingerprint density at radius 2 is 2.00 bits per heavy atom. The Hall–Kier alpha value is -1.62. The lowest BCUT2D eigenvalue weighted by Crippen LogP contribution is -2.42. The number of carboxylic acids is 1. The molecule has 0 saturated heterocycles. The smallest absolute Gasteiger partial charge is 0.314 e. The summed E-state index contributed by atoms with van der Waals surface area (Å²) >= 11 is 6.21. The Labute approximate surface area is 115 Å². The predicted octanol–water partition coefficient (Wildman–Crippen LogP) is 2.57. The fourth-order valence-corrected chi connectivity index (χ4v) is 2.94. The molecule has 104 valence electrons. The normalized spacial score (nSPS) is 16.6. The number of aromatic hydroxyl groups is 1. The lowest BCUT2D eigenvalue weighted by Gasteiger charge is -2.39. The van der Waals surface area contributed by atoms with E-state index in [1.54, 1.807) is 0 Å². The molecular weight excluding hydrogens is 272 g/mol. The molecule has 0 atom stereocenters. The van der Waals surface area contributed by atoms with E-state index in [1.165, 1.54) is 20.3 Å². The van der Waals surface area contributed by atoms with Crippen LogP contribution in [0.3, 0.4) is 0 Å².